The smallest absolute Gasteiger partial charge is 0.147 e. The average molecular weight is 391 g/mol. The summed E-state index contributed by atoms with van der Waals surface area (Å²) in [5.41, 5.74) is 7.24. The number of hydrogen-bond donors (Lipinski definition) is 1. The van der Waals surface area contributed by atoms with Crippen LogP contribution in [0.4, 0.5) is 0 Å². The highest BCUT2D eigenvalue weighted by Gasteiger charge is 2.21. The standard InChI is InChI=1S/C15H21Br2NO/c1-2-12(18)7-11-8-13(16)15(14(17)9-11)19-6-5-10-3-4-10/h8-10,12H,2-7,18H2,1H3. The number of nitrogens with two attached hydrogens (primary N) is 1. The number of rotatable bonds is 7. The van der Waals surface area contributed by atoms with Crippen LogP contribution in [0.1, 0.15) is 38.2 Å². The molecule has 2 nitrogen and oxygen atoms in total. The second-order valence-electron chi connectivity index (χ2n) is 5.34. The first-order chi connectivity index (χ1) is 9.10. The van der Waals surface area contributed by atoms with Gasteiger partial charge in [0.05, 0.1) is 15.6 Å². The molecule has 1 atom stereocenters. The zero-order valence-electron chi connectivity index (χ0n) is 11.3. The van der Waals surface area contributed by atoms with E-state index in [1.165, 1.54) is 24.8 Å². The fraction of sp³-hybridized carbons (Fsp3) is 0.600. The SMILES string of the molecule is CCC(N)Cc1cc(Br)c(OCCC2CC2)c(Br)c1. The molecule has 4 heteroatoms. The van der Waals surface area contributed by atoms with Crippen LogP contribution in [-0.2, 0) is 6.42 Å². The minimum atomic E-state index is 0.223. The normalized spacial score (nSPS) is 16.4. The van der Waals surface area contributed by atoms with Crippen molar-refractivity contribution in [3.8, 4) is 5.75 Å². The fourth-order valence-corrected chi connectivity index (χ4v) is 3.56. The summed E-state index contributed by atoms with van der Waals surface area (Å²) in [6.45, 7) is 2.92. The predicted octanol–water partition coefficient (Wildman–Crippen LogP) is 4.67. The topological polar surface area (TPSA) is 35.2 Å². The molecule has 19 heavy (non-hydrogen) atoms. The molecule has 2 N–H and O–H groups in total. The van der Waals surface area contributed by atoms with Crippen molar-refractivity contribution >= 4 is 31.9 Å². The Balaban J connectivity index is 1.98. The van der Waals surface area contributed by atoms with Gasteiger partial charge in [-0.2, -0.15) is 0 Å². The van der Waals surface area contributed by atoms with E-state index in [9.17, 15) is 0 Å². The Hall–Kier alpha value is -0.0600. The van der Waals surface area contributed by atoms with Crippen LogP contribution in [0.2, 0.25) is 0 Å². The molecular formula is C15H21Br2NO. The van der Waals surface area contributed by atoms with Crippen LogP contribution in [0.5, 0.6) is 5.75 Å². The minimum Gasteiger partial charge on any atom is -0.491 e. The van der Waals surface area contributed by atoms with Crippen molar-refractivity contribution in [3.63, 3.8) is 0 Å². The van der Waals surface area contributed by atoms with Crippen molar-refractivity contribution in [3.05, 3.63) is 26.6 Å². The van der Waals surface area contributed by atoms with Crippen molar-refractivity contribution < 1.29 is 4.74 Å². The van der Waals surface area contributed by atoms with Crippen molar-refractivity contribution in [2.45, 2.75) is 45.1 Å². The molecule has 106 valence electrons. The number of benzene rings is 1. The zero-order chi connectivity index (χ0) is 13.8. The molecule has 0 aliphatic heterocycles. The van der Waals surface area contributed by atoms with Gasteiger partial charge in [-0.05, 0) is 74.7 Å². The summed E-state index contributed by atoms with van der Waals surface area (Å²) in [5, 5.41) is 0. The molecule has 1 aliphatic carbocycles. The molecule has 0 spiro atoms. The van der Waals surface area contributed by atoms with Gasteiger partial charge in [0.2, 0.25) is 0 Å². The Kier molecular flexibility index (Phi) is 5.72. The third kappa shape index (κ3) is 4.76. The first-order valence-corrected chi connectivity index (χ1v) is 8.55. The Morgan fingerprint density at radius 2 is 1.95 bits per heavy atom. The van der Waals surface area contributed by atoms with Gasteiger partial charge in [0.15, 0.2) is 0 Å². The molecule has 1 aliphatic rings. The van der Waals surface area contributed by atoms with E-state index in [0.717, 1.165) is 40.1 Å². The maximum absolute atomic E-state index is 6.00. The highest BCUT2D eigenvalue weighted by atomic mass is 79.9. The first kappa shape index (κ1) is 15.3. The molecule has 2 rings (SSSR count). The maximum Gasteiger partial charge on any atom is 0.147 e. The highest BCUT2D eigenvalue weighted by Crippen LogP contribution is 2.37. The van der Waals surface area contributed by atoms with Crippen LogP contribution in [0.25, 0.3) is 0 Å². The molecule has 1 aromatic rings. The summed E-state index contributed by atoms with van der Waals surface area (Å²) in [6.07, 6.45) is 5.81. The van der Waals surface area contributed by atoms with Gasteiger partial charge in [-0.25, -0.2) is 0 Å². The van der Waals surface area contributed by atoms with Crippen molar-refractivity contribution in [2.24, 2.45) is 11.7 Å². The minimum absolute atomic E-state index is 0.223. The average Bonchev–Trinajstić information content (AvgIpc) is 3.16. The largest absolute Gasteiger partial charge is 0.491 e. The molecule has 1 aromatic carbocycles. The van der Waals surface area contributed by atoms with Gasteiger partial charge >= 0.3 is 0 Å². The fourth-order valence-electron chi connectivity index (χ4n) is 2.05. The van der Waals surface area contributed by atoms with Gasteiger partial charge in [0.25, 0.3) is 0 Å². The van der Waals surface area contributed by atoms with Crippen LogP contribution < -0.4 is 10.5 Å². The Bertz CT molecular complexity index is 409. The molecule has 0 heterocycles. The van der Waals surface area contributed by atoms with Gasteiger partial charge in [-0.3, -0.25) is 0 Å². The highest BCUT2D eigenvalue weighted by molar-refractivity contribution is 9.11. The van der Waals surface area contributed by atoms with E-state index in [4.69, 9.17) is 10.5 Å². The van der Waals surface area contributed by atoms with Crippen molar-refractivity contribution in [1.29, 1.82) is 0 Å². The molecule has 1 saturated carbocycles. The Labute approximate surface area is 132 Å². The van der Waals surface area contributed by atoms with E-state index in [1.54, 1.807) is 0 Å². The molecule has 0 radical (unpaired) electrons. The van der Waals surface area contributed by atoms with E-state index >= 15 is 0 Å². The molecule has 0 aromatic heterocycles. The summed E-state index contributed by atoms with van der Waals surface area (Å²) in [5.74, 6) is 1.81. The second kappa shape index (κ2) is 7.09. The number of ether oxygens (including phenoxy) is 1. The monoisotopic (exact) mass is 389 g/mol. The zero-order valence-corrected chi connectivity index (χ0v) is 14.5. The van der Waals surface area contributed by atoms with Gasteiger partial charge < -0.3 is 10.5 Å². The van der Waals surface area contributed by atoms with E-state index in [0.29, 0.717) is 0 Å². The molecule has 0 amide bonds. The summed E-state index contributed by atoms with van der Waals surface area (Å²) < 4.78 is 7.90. The van der Waals surface area contributed by atoms with Crippen LogP contribution in [0, 0.1) is 5.92 Å². The molecule has 0 saturated heterocycles. The Morgan fingerprint density at radius 3 is 2.47 bits per heavy atom. The lowest BCUT2D eigenvalue weighted by Crippen LogP contribution is -2.21. The van der Waals surface area contributed by atoms with Gasteiger partial charge in [0, 0.05) is 6.04 Å². The quantitative estimate of drug-likeness (QED) is 0.734. The predicted molar refractivity (Wildman–Crippen MR) is 86.6 cm³/mol. The van der Waals surface area contributed by atoms with Gasteiger partial charge in [-0.1, -0.05) is 19.8 Å². The second-order valence-corrected chi connectivity index (χ2v) is 7.05. The van der Waals surface area contributed by atoms with Crippen LogP contribution in [-0.4, -0.2) is 12.6 Å². The van der Waals surface area contributed by atoms with Crippen LogP contribution in [0.15, 0.2) is 21.1 Å². The lowest BCUT2D eigenvalue weighted by molar-refractivity contribution is 0.299. The molecular weight excluding hydrogens is 370 g/mol. The third-order valence-electron chi connectivity index (χ3n) is 3.55. The summed E-state index contributed by atoms with van der Waals surface area (Å²) in [4.78, 5) is 0. The summed E-state index contributed by atoms with van der Waals surface area (Å²) in [6, 6.07) is 4.46. The maximum atomic E-state index is 6.00. The lowest BCUT2D eigenvalue weighted by atomic mass is 10.0. The summed E-state index contributed by atoms with van der Waals surface area (Å²) in [7, 11) is 0. The molecule has 1 fully saturated rings. The number of halogens is 2. The molecule has 1 unspecified atom stereocenters. The van der Waals surface area contributed by atoms with Crippen molar-refractivity contribution in [2.75, 3.05) is 6.61 Å². The van der Waals surface area contributed by atoms with E-state index < -0.39 is 0 Å². The van der Waals surface area contributed by atoms with E-state index in [1.807, 2.05) is 0 Å². The van der Waals surface area contributed by atoms with Gasteiger partial charge in [0.1, 0.15) is 5.75 Å². The van der Waals surface area contributed by atoms with E-state index in [-0.39, 0.29) is 6.04 Å². The van der Waals surface area contributed by atoms with Crippen molar-refractivity contribution in [1.82, 2.24) is 0 Å². The van der Waals surface area contributed by atoms with Crippen LogP contribution >= 0.6 is 31.9 Å². The molecule has 0 bridgehead atoms. The first-order valence-electron chi connectivity index (χ1n) is 6.96. The lowest BCUT2D eigenvalue weighted by Gasteiger charge is -2.14. The van der Waals surface area contributed by atoms with E-state index in [2.05, 4.69) is 50.9 Å². The number of hydrogen-bond acceptors (Lipinski definition) is 2. The van der Waals surface area contributed by atoms with Crippen LogP contribution in [0.3, 0.4) is 0 Å². The Morgan fingerprint density at radius 1 is 1.32 bits per heavy atom. The van der Waals surface area contributed by atoms with Gasteiger partial charge in [-0.15, -0.1) is 0 Å². The third-order valence-corrected chi connectivity index (χ3v) is 4.73. The summed E-state index contributed by atoms with van der Waals surface area (Å²) >= 11 is 7.19.